The van der Waals surface area contributed by atoms with E-state index in [1.54, 1.807) is 12.1 Å². The molecule has 2 aromatic carbocycles. The minimum Gasteiger partial charge on any atom is -0.390 e. The maximum atomic E-state index is 10.4. The summed E-state index contributed by atoms with van der Waals surface area (Å²) >= 11 is 0. The van der Waals surface area contributed by atoms with Gasteiger partial charge >= 0.3 is 0 Å². The highest BCUT2D eigenvalue weighted by Gasteiger charge is 2.29. The van der Waals surface area contributed by atoms with Crippen molar-refractivity contribution >= 4 is 11.8 Å². The van der Waals surface area contributed by atoms with Crippen LogP contribution in [0.2, 0.25) is 0 Å². The highest BCUT2D eigenvalue weighted by Crippen LogP contribution is 2.32. The van der Waals surface area contributed by atoms with Crippen LogP contribution < -0.4 is 5.32 Å². The molecule has 0 radical (unpaired) electrons. The molecule has 2 unspecified atom stereocenters. The lowest BCUT2D eigenvalue weighted by Crippen LogP contribution is -2.51. The Balaban J connectivity index is 1.62. The normalized spacial score (nSPS) is 21.0. The molecule has 5 nitrogen and oxygen atoms in total. The van der Waals surface area contributed by atoms with Gasteiger partial charge in [-0.05, 0) is 30.2 Å². The first kappa shape index (κ1) is 16.8. The average molecular weight is 347 g/mol. The second-order valence-electron chi connectivity index (χ2n) is 6.93. The van der Waals surface area contributed by atoms with E-state index in [1.807, 2.05) is 24.3 Å². The number of nitriles is 1. The molecule has 26 heavy (non-hydrogen) atoms. The van der Waals surface area contributed by atoms with Crippen LogP contribution in [0.15, 0.2) is 42.5 Å². The lowest BCUT2D eigenvalue weighted by atomic mass is 9.94. The number of aliphatic hydroxyl groups excluding tert-OH is 2. The van der Waals surface area contributed by atoms with Crippen LogP contribution in [0.3, 0.4) is 0 Å². The molecule has 4 rings (SSSR count). The van der Waals surface area contributed by atoms with Crippen molar-refractivity contribution in [3.63, 3.8) is 0 Å². The molecular weight excluding hydrogens is 326 g/mol. The van der Waals surface area contributed by atoms with Crippen molar-refractivity contribution in [2.75, 3.05) is 13.1 Å². The Bertz CT molecular complexity index is 892. The second kappa shape index (κ2) is 6.58. The highest BCUT2D eigenvalue weighted by molar-refractivity contribution is 5.85. The van der Waals surface area contributed by atoms with Gasteiger partial charge in [-0.2, -0.15) is 5.26 Å². The molecular formula is C21H21N3O2. The topological polar surface area (TPSA) is 79.5 Å². The molecule has 0 saturated carbocycles. The fourth-order valence-electron chi connectivity index (χ4n) is 3.61. The lowest BCUT2D eigenvalue weighted by Gasteiger charge is -2.40. The number of likely N-dealkylation sites (tertiary alicyclic amines) is 1. The number of hydrogen-bond acceptors (Lipinski definition) is 5. The van der Waals surface area contributed by atoms with Gasteiger partial charge in [0.2, 0.25) is 0 Å². The monoisotopic (exact) mass is 347 g/mol. The van der Waals surface area contributed by atoms with Crippen LogP contribution in [0.1, 0.15) is 47.0 Å². The second-order valence-corrected chi connectivity index (χ2v) is 6.93. The van der Waals surface area contributed by atoms with Crippen LogP contribution >= 0.6 is 0 Å². The van der Waals surface area contributed by atoms with Crippen molar-refractivity contribution in [3.05, 3.63) is 70.3 Å². The van der Waals surface area contributed by atoms with Gasteiger partial charge in [-0.25, -0.2) is 0 Å². The lowest BCUT2D eigenvalue weighted by molar-refractivity contribution is -0.0211. The standard InChI is InChI=1S/C21H21N3O2/c1-13(24-11-17(25)12-24)14-5-7-15(8-6-14)20-9-19-16(10-22)3-2-4-18(19)21(26)23-20/h2-9,13,17,21,23,25-26H,11-12H2,1H3. The summed E-state index contributed by atoms with van der Waals surface area (Å²) in [5.41, 5.74) is 4.99. The molecule has 3 N–H and O–H groups in total. The Morgan fingerprint density at radius 1 is 1.15 bits per heavy atom. The van der Waals surface area contributed by atoms with E-state index < -0.39 is 6.23 Å². The Kier molecular flexibility index (Phi) is 4.25. The number of β-amino-alcohol motifs (C(OH)–C–C–N with tert-alkyl or cyclic N) is 1. The summed E-state index contributed by atoms with van der Waals surface area (Å²) in [6, 6.07) is 16.0. The average Bonchev–Trinajstić information content (AvgIpc) is 2.64. The van der Waals surface area contributed by atoms with Crippen LogP contribution in [0.25, 0.3) is 11.8 Å². The third-order valence-corrected chi connectivity index (χ3v) is 5.28. The zero-order valence-corrected chi connectivity index (χ0v) is 14.6. The fourth-order valence-corrected chi connectivity index (χ4v) is 3.61. The molecule has 0 aromatic heterocycles. The molecule has 2 aromatic rings. The Morgan fingerprint density at radius 2 is 1.88 bits per heavy atom. The third-order valence-electron chi connectivity index (χ3n) is 5.28. The van der Waals surface area contributed by atoms with Crippen LogP contribution in [-0.2, 0) is 0 Å². The van der Waals surface area contributed by atoms with Crippen molar-refractivity contribution in [1.82, 2.24) is 10.2 Å². The van der Waals surface area contributed by atoms with Gasteiger partial charge < -0.3 is 15.5 Å². The van der Waals surface area contributed by atoms with Gasteiger partial charge in [-0.1, -0.05) is 36.4 Å². The first-order valence-electron chi connectivity index (χ1n) is 8.78. The summed E-state index contributed by atoms with van der Waals surface area (Å²) in [6.45, 7) is 3.57. The van der Waals surface area contributed by atoms with Crippen molar-refractivity contribution in [2.24, 2.45) is 0 Å². The van der Waals surface area contributed by atoms with Crippen molar-refractivity contribution in [1.29, 1.82) is 5.26 Å². The molecule has 132 valence electrons. The van der Waals surface area contributed by atoms with E-state index in [0.717, 1.165) is 35.5 Å². The Hall–Kier alpha value is -2.65. The zero-order valence-electron chi connectivity index (χ0n) is 14.6. The summed E-state index contributed by atoms with van der Waals surface area (Å²) in [5, 5.41) is 32.3. The van der Waals surface area contributed by atoms with Gasteiger partial charge in [0.15, 0.2) is 6.23 Å². The predicted octanol–water partition coefficient (Wildman–Crippen LogP) is 2.39. The molecule has 2 heterocycles. The summed E-state index contributed by atoms with van der Waals surface area (Å²) in [6.07, 6.45) is 0.883. The Morgan fingerprint density at radius 3 is 2.54 bits per heavy atom. The smallest absolute Gasteiger partial charge is 0.151 e. The minimum atomic E-state index is -0.834. The van der Waals surface area contributed by atoms with Crippen molar-refractivity contribution in [2.45, 2.75) is 25.3 Å². The zero-order chi connectivity index (χ0) is 18.3. The van der Waals surface area contributed by atoms with E-state index in [2.05, 4.69) is 35.3 Å². The molecule has 2 aliphatic rings. The summed E-state index contributed by atoms with van der Waals surface area (Å²) in [7, 11) is 0. The molecule has 5 heteroatoms. The van der Waals surface area contributed by atoms with Gasteiger partial charge in [-0.15, -0.1) is 0 Å². The van der Waals surface area contributed by atoms with Gasteiger partial charge in [0.05, 0.1) is 17.7 Å². The maximum absolute atomic E-state index is 10.4. The van der Waals surface area contributed by atoms with E-state index in [9.17, 15) is 15.5 Å². The predicted molar refractivity (Wildman–Crippen MR) is 99.6 cm³/mol. The molecule has 0 amide bonds. The molecule has 0 aliphatic carbocycles. The first-order chi connectivity index (χ1) is 12.6. The summed E-state index contributed by atoms with van der Waals surface area (Å²) in [4.78, 5) is 2.23. The SMILES string of the molecule is CC(c1ccc(C2=Cc3c(C#N)cccc3C(O)N2)cc1)N1CC(O)C1. The number of nitrogens with zero attached hydrogens (tertiary/aromatic N) is 2. The minimum absolute atomic E-state index is 0.204. The largest absolute Gasteiger partial charge is 0.390 e. The van der Waals surface area contributed by atoms with Gasteiger partial charge in [0.1, 0.15) is 0 Å². The van der Waals surface area contributed by atoms with E-state index in [0.29, 0.717) is 5.56 Å². The highest BCUT2D eigenvalue weighted by atomic mass is 16.3. The fraction of sp³-hybridized carbons (Fsp3) is 0.286. The van der Waals surface area contributed by atoms with Crippen LogP contribution in [0, 0.1) is 11.3 Å². The number of rotatable bonds is 3. The third kappa shape index (κ3) is 2.89. The number of fused-ring (bicyclic) bond motifs is 1. The quantitative estimate of drug-likeness (QED) is 0.794. The van der Waals surface area contributed by atoms with Crippen LogP contribution in [0.4, 0.5) is 0 Å². The molecule has 2 atom stereocenters. The molecule has 2 aliphatic heterocycles. The van der Waals surface area contributed by atoms with E-state index in [1.165, 1.54) is 5.56 Å². The van der Waals surface area contributed by atoms with Crippen molar-refractivity contribution < 1.29 is 10.2 Å². The van der Waals surface area contributed by atoms with E-state index in [4.69, 9.17) is 0 Å². The van der Waals surface area contributed by atoms with Gasteiger partial charge in [0.25, 0.3) is 0 Å². The van der Waals surface area contributed by atoms with E-state index in [-0.39, 0.29) is 12.1 Å². The van der Waals surface area contributed by atoms with Crippen molar-refractivity contribution in [3.8, 4) is 6.07 Å². The first-order valence-corrected chi connectivity index (χ1v) is 8.78. The summed E-state index contributed by atoms with van der Waals surface area (Å²) in [5.74, 6) is 0. The number of hydrogen-bond donors (Lipinski definition) is 3. The van der Waals surface area contributed by atoms with E-state index >= 15 is 0 Å². The maximum Gasteiger partial charge on any atom is 0.151 e. The summed E-state index contributed by atoms with van der Waals surface area (Å²) < 4.78 is 0. The van der Waals surface area contributed by atoms with Crippen LogP contribution in [0.5, 0.6) is 0 Å². The van der Waals surface area contributed by atoms with Gasteiger partial charge in [-0.3, -0.25) is 4.90 Å². The molecule has 0 spiro atoms. The Labute approximate surface area is 152 Å². The number of nitrogens with one attached hydrogen (secondary N) is 1. The molecule has 1 saturated heterocycles. The molecule has 0 bridgehead atoms. The number of benzene rings is 2. The van der Waals surface area contributed by atoms with Crippen LogP contribution in [-0.4, -0.2) is 34.3 Å². The van der Waals surface area contributed by atoms with Gasteiger partial charge in [0, 0.05) is 36.0 Å². The molecule has 1 fully saturated rings. The number of aliphatic hydroxyl groups is 2.